The van der Waals surface area contributed by atoms with E-state index < -0.39 is 5.97 Å². The van der Waals surface area contributed by atoms with Crippen molar-refractivity contribution in [2.75, 3.05) is 6.54 Å². The number of amides is 2. The first-order valence-electron chi connectivity index (χ1n) is 6.22. The first kappa shape index (κ1) is 15.0. The van der Waals surface area contributed by atoms with Crippen LogP contribution in [0.5, 0.6) is 0 Å². The summed E-state index contributed by atoms with van der Waals surface area (Å²) in [6, 6.07) is 1.57. The van der Waals surface area contributed by atoms with Crippen LogP contribution in [0.3, 0.4) is 0 Å². The Labute approximate surface area is 112 Å². The van der Waals surface area contributed by atoms with Crippen molar-refractivity contribution in [2.45, 2.75) is 26.3 Å². The molecule has 2 amide bonds. The number of hydrogen-bond donors (Lipinski definition) is 3. The van der Waals surface area contributed by atoms with Gasteiger partial charge < -0.3 is 15.7 Å². The lowest BCUT2D eigenvalue weighted by Gasteiger charge is -2.09. The minimum atomic E-state index is -0.805. The number of urea groups is 1. The molecule has 1 aromatic rings. The fourth-order valence-corrected chi connectivity index (χ4v) is 1.54. The highest BCUT2D eigenvalue weighted by Gasteiger charge is 2.10. The number of carboxylic acid groups (broad SMARTS) is 1. The number of aromatic nitrogens is 2. The van der Waals surface area contributed by atoms with Crippen LogP contribution in [0.4, 0.5) is 4.79 Å². The summed E-state index contributed by atoms with van der Waals surface area (Å²) in [5.74, 6) is -1.18. The third kappa shape index (κ3) is 5.41. The molecule has 106 valence electrons. The lowest BCUT2D eigenvalue weighted by atomic mass is 10.1. The zero-order valence-corrected chi connectivity index (χ0v) is 11.2. The quantitative estimate of drug-likeness (QED) is 0.635. The van der Waals surface area contributed by atoms with Crippen molar-refractivity contribution in [3.05, 3.63) is 18.0 Å². The van der Waals surface area contributed by atoms with Crippen LogP contribution >= 0.6 is 0 Å². The number of carbonyl (C=O) groups excluding carboxylic acids is 1. The smallest absolute Gasteiger partial charge is 0.315 e. The first-order chi connectivity index (χ1) is 9.00. The number of rotatable bonds is 7. The van der Waals surface area contributed by atoms with E-state index in [9.17, 15) is 9.59 Å². The number of hydrogen-bond acceptors (Lipinski definition) is 3. The molecule has 19 heavy (non-hydrogen) atoms. The molecule has 0 bridgehead atoms. The highest BCUT2D eigenvalue weighted by Crippen LogP contribution is 2.04. The van der Waals surface area contributed by atoms with Gasteiger partial charge in [0.25, 0.3) is 0 Å². The molecule has 3 N–H and O–H groups in total. The molecule has 0 saturated carbocycles. The van der Waals surface area contributed by atoms with E-state index in [4.69, 9.17) is 5.11 Å². The van der Waals surface area contributed by atoms with Gasteiger partial charge in [-0.1, -0.05) is 6.92 Å². The SMILES string of the molecule is CC(CCCNC(=O)NCc1ccnn1C)C(=O)O. The molecule has 1 unspecified atom stereocenters. The van der Waals surface area contributed by atoms with Gasteiger partial charge in [-0.25, -0.2) is 4.79 Å². The number of carboxylic acids is 1. The summed E-state index contributed by atoms with van der Waals surface area (Å²) >= 11 is 0. The number of aliphatic carboxylic acids is 1. The average Bonchev–Trinajstić information content (AvgIpc) is 2.77. The van der Waals surface area contributed by atoms with Gasteiger partial charge in [0, 0.05) is 19.8 Å². The largest absolute Gasteiger partial charge is 0.481 e. The molecule has 7 heteroatoms. The maximum Gasteiger partial charge on any atom is 0.315 e. The molecule has 0 aromatic carbocycles. The number of carbonyl (C=O) groups is 2. The molecule has 1 aromatic heterocycles. The van der Waals surface area contributed by atoms with Gasteiger partial charge in [0.05, 0.1) is 18.2 Å². The highest BCUT2D eigenvalue weighted by atomic mass is 16.4. The second-order valence-electron chi connectivity index (χ2n) is 4.44. The molecule has 7 nitrogen and oxygen atoms in total. The summed E-state index contributed by atoms with van der Waals surface area (Å²) in [6.07, 6.45) is 2.87. The summed E-state index contributed by atoms with van der Waals surface area (Å²) < 4.78 is 1.69. The summed E-state index contributed by atoms with van der Waals surface area (Å²) in [7, 11) is 1.81. The van der Waals surface area contributed by atoms with Gasteiger partial charge in [-0.3, -0.25) is 9.48 Å². The topological polar surface area (TPSA) is 96.3 Å². The number of nitrogens with one attached hydrogen (secondary N) is 2. The van der Waals surface area contributed by atoms with Gasteiger partial charge >= 0.3 is 12.0 Å². The Bertz CT molecular complexity index is 430. The van der Waals surface area contributed by atoms with Crippen molar-refractivity contribution < 1.29 is 14.7 Å². The van der Waals surface area contributed by atoms with Crippen molar-refractivity contribution in [2.24, 2.45) is 13.0 Å². The third-order valence-electron chi connectivity index (χ3n) is 2.87. The molecular formula is C12H20N4O3. The predicted octanol–water partition coefficient (Wildman–Crippen LogP) is 0.720. The number of nitrogens with zero attached hydrogens (tertiary/aromatic N) is 2. The van der Waals surface area contributed by atoms with Crippen molar-refractivity contribution in [1.82, 2.24) is 20.4 Å². The van der Waals surface area contributed by atoms with Crippen LogP contribution in [0, 0.1) is 5.92 Å². The molecule has 0 spiro atoms. The Balaban J connectivity index is 2.12. The molecule has 0 fully saturated rings. The second kappa shape index (κ2) is 7.40. The van der Waals surface area contributed by atoms with E-state index in [1.807, 2.05) is 13.1 Å². The van der Waals surface area contributed by atoms with Crippen molar-refractivity contribution >= 4 is 12.0 Å². The Kier molecular flexibility index (Phi) is 5.84. The van der Waals surface area contributed by atoms with E-state index in [1.165, 1.54) is 0 Å². The van der Waals surface area contributed by atoms with Crippen LogP contribution in [0.1, 0.15) is 25.5 Å². The van der Waals surface area contributed by atoms with Crippen LogP contribution in [0.25, 0.3) is 0 Å². The standard InChI is InChI=1S/C12H20N4O3/c1-9(11(17)18)4-3-6-13-12(19)14-8-10-5-7-15-16(10)2/h5,7,9H,3-4,6,8H2,1-2H3,(H,17,18)(H2,13,14,19). The molecule has 0 aliphatic heterocycles. The van der Waals surface area contributed by atoms with Gasteiger partial charge in [-0.05, 0) is 18.9 Å². The second-order valence-corrected chi connectivity index (χ2v) is 4.44. The Hall–Kier alpha value is -2.05. The number of aryl methyl sites for hydroxylation is 1. The summed E-state index contributed by atoms with van der Waals surface area (Å²) in [4.78, 5) is 22.0. The van der Waals surface area contributed by atoms with Crippen LogP contribution < -0.4 is 10.6 Å². The van der Waals surface area contributed by atoms with Crippen molar-refractivity contribution in [3.63, 3.8) is 0 Å². The first-order valence-corrected chi connectivity index (χ1v) is 6.22. The summed E-state index contributed by atoms with van der Waals surface area (Å²) in [5, 5.41) is 18.1. The van der Waals surface area contributed by atoms with Crippen LogP contribution in [-0.2, 0) is 18.4 Å². The molecule has 1 atom stereocenters. The van der Waals surface area contributed by atoms with E-state index in [2.05, 4.69) is 15.7 Å². The Morgan fingerprint density at radius 2 is 2.21 bits per heavy atom. The Morgan fingerprint density at radius 3 is 2.79 bits per heavy atom. The highest BCUT2D eigenvalue weighted by molar-refractivity contribution is 5.73. The maximum absolute atomic E-state index is 11.5. The van der Waals surface area contributed by atoms with Gasteiger partial charge in [0.1, 0.15) is 0 Å². The summed E-state index contributed by atoms with van der Waals surface area (Å²) in [6.45, 7) is 2.54. The monoisotopic (exact) mass is 268 g/mol. The van der Waals surface area contributed by atoms with E-state index in [0.29, 0.717) is 25.9 Å². The molecule has 0 aliphatic rings. The van der Waals surface area contributed by atoms with Crippen LogP contribution in [-0.4, -0.2) is 33.4 Å². The third-order valence-corrected chi connectivity index (χ3v) is 2.87. The normalized spacial score (nSPS) is 11.9. The van der Waals surface area contributed by atoms with E-state index >= 15 is 0 Å². The molecule has 1 rings (SSSR count). The predicted molar refractivity (Wildman–Crippen MR) is 69.5 cm³/mol. The minimum Gasteiger partial charge on any atom is -0.481 e. The van der Waals surface area contributed by atoms with Crippen LogP contribution in [0.15, 0.2) is 12.3 Å². The molecule has 1 heterocycles. The average molecular weight is 268 g/mol. The van der Waals surface area contributed by atoms with Gasteiger partial charge in [0.2, 0.25) is 0 Å². The van der Waals surface area contributed by atoms with Gasteiger partial charge in [-0.15, -0.1) is 0 Å². The zero-order chi connectivity index (χ0) is 14.3. The molecule has 0 aliphatic carbocycles. The van der Waals surface area contributed by atoms with Gasteiger partial charge in [-0.2, -0.15) is 5.10 Å². The van der Waals surface area contributed by atoms with E-state index in [0.717, 1.165) is 5.69 Å². The lowest BCUT2D eigenvalue weighted by molar-refractivity contribution is -0.141. The van der Waals surface area contributed by atoms with E-state index in [1.54, 1.807) is 17.8 Å². The molecular weight excluding hydrogens is 248 g/mol. The zero-order valence-electron chi connectivity index (χ0n) is 11.2. The van der Waals surface area contributed by atoms with E-state index in [-0.39, 0.29) is 11.9 Å². The molecule has 0 saturated heterocycles. The van der Waals surface area contributed by atoms with Crippen molar-refractivity contribution in [1.29, 1.82) is 0 Å². The fraction of sp³-hybridized carbons (Fsp3) is 0.583. The van der Waals surface area contributed by atoms with Gasteiger partial charge in [0.15, 0.2) is 0 Å². The Morgan fingerprint density at radius 1 is 1.47 bits per heavy atom. The minimum absolute atomic E-state index is 0.260. The maximum atomic E-state index is 11.5. The van der Waals surface area contributed by atoms with Crippen molar-refractivity contribution in [3.8, 4) is 0 Å². The lowest BCUT2D eigenvalue weighted by Crippen LogP contribution is -2.36. The fourth-order valence-electron chi connectivity index (χ4n) is 1.54. The molecule has 0 radical (unpaired) electrons. The summed E-state index contributed by atoms with van der Waals surface area (Å²) in [5.41, 5.74) is 0.912. The van der Waals surface area contributed by atoms with Crippen LogP contribution in [0.2, 0.25) is 0 Å².